The molecule has 4 nitrogen and oxygen atoms in total. The number of hydrogen-bond donors (Lipinski definition) is 1. The molecule has 0 spiro atoms. The number of benzene rings is 1. The van der Waals surface area contributed by atoms with Crippen LogP contribution in [-0.4, -0.2) is 44.6 Å². The molecular weight excluding hydrogens is 240 g/mol. The minimum Gasteiger partial charge on any atom is -0.497 e. The highest BCUT2D eigenvalue weighted by atomic mass is 16.5. The lowest BCUT2D eigenvalue weighted by Gasteiger charge is -2.22. The number of hydrogen-bond acceptors (Lipinski definition) is 3. The lowest BCUT2D eigenvalue weighted by Crippen LogP contribution is -2.39. The van der Waals surface area contributed by atoms with Crippen molar-refractivity contribution in [1.82, 2.24) is 10.2 Å². The van der Waals surface area contributed by atoms with Gasteiger partial charge in [0.1, 0.15) is 5.75 Å². The van der Waals surface area contributed by atoms with Crippen LogP contribution >= 0.6 is 0 Å². The highest BCUT2D eigenvalue weighted by molar-refractivity contribution is 5.77. The van der Waals surface area contributed by atoms with E-state index in [0.29, 0.717) is 12.5 Å². The van der Waals surface area contributed by atoms with Gasteiger partial charge in [0.25, 0.3) is 0 Å². The Balaban J connectivity index is 2.55. The van der Waals surface area contributed by atoms with E-state index in [4.69, 9.17) is 4.74 Å². The van der Waals surface area contributed by atoms with Crippen LogP contribution in [0.4, 0.5) is 0 Å². The summed E-state index contributed by atoms with van der Waals surface area (Å²) in [6, 6.07) is 8.29. The number of nitrogens with zero attached hydrogens (tertiary/aromatic N) is 1. The van der Waals surface area contributed by atoms with Gasteiger partial charge in [0.15, 0.2) is 0 Å². The van der Waals surface area contributed by atoms with Gasteiger partial charge in [-0.2, -0.15) is 0 Å². The molecule has 19 heavy (non-hydrogen) atoms. The smallest absolute Gasteiger partial charge is 0.236 e. The van der Waals surface area contributed by atoms with E-state index in [9.17, 15) is 4.79 Å². The van der Waals surface area contributed by atoms with Crippen LogP contribution < -0.4 is 10.1 Å². The number of nitrogens with one attached hydrogen (secondary N) is 1. The molecule has 1 amide bonds. The summed E-state index contributed by atoms with van der Waals surface area (Å²) >= 11 is 0. The summed E-state index contributed by atoms with van der Waals surface area (Å²) in [6.45, 7) is 4.62. The Morgan fingerprint density at radius 3 is 2.32 bits per heavy atom. The fourth-order valence-corrected chi connectivity index (χ4v) is 1.78. The molecule has 106 valence electrons. The van der Waals surface area contributed by atoms with Crippen molar-refractivity contribution in [1.29, 1.82) is 0 Å². The molecule has 4 heteroatoms. The van der Waals surface area contributed by atoms with Gasteiger partial charge in [-0.15, -0.1) is 0 Å². The van der Waals surface area contributed by atoms with Gasteiger partial charge in [-0.25, -0.2) is 0 Å². The number of carbonyl (C=O) groups excluding carboxylic acids is 1. The zero-order valence-corrected chi connectivity index (χ0v) is 12.4. The highest BCUT2D eigenvalue weighted by Gasteiger charge is 2.15. The average molecular weight is 264 g/mol. The van der Waals surface area contributed by atoms with E-state index in [1.165, 1.54) is 5.56 Å². The molecule has 0 aliphatic heterocycles. The van der Waals surface area contributed by atoms with Crippen LogP contribution in [0, 0.1) is 0 Å². The van der Waals surface area contributed by atoms with Gasteiger partial charge in [-0.1, -0.05) is 19.1 Å². The maximum Gasteiger partial charge on any atom is 0.236 e. The first-order chi connectivity index (χ1) is 8.95. The predicted molar refractivity (Wildman–Crippen MR) is 77.6 cm³/mol. The second-order valence-electron chi connectivity index (χ2n) is 5.02. The van der Waals surface area contributed by atoms with E-state index in [-0.39, 0.29) is 11.9 Å². The molecule has 1 N–H and O–H groups in total. The van der Waals surface area contributed by atoms with Crippen molar-refractivity contribution in [3.8, 4) is 5.75 Å². The van der Waals surface area contributed by atoms with E-state index in [1.807, 2.05) is 12.1 Å². The summed E-state index contributed by atoms with van der Waals surface area (Å²) < 4.78 is 5.15. The molecule has 0 fully saturated rings. The van der Waals surface area contributed by atoms with Crippen LogP contribution in [0.25, 0.3) is 0 Å². The minimum atomic E-state index is 0.0915. The number of carbonyl (C=O) groups is 1. The third kappa shape index (κ3) is 4.56. The minimum absolute atomic E-state index is 0.0915. The van der Waals surface area contributed by atoms with Gasteiger partial charge >= 0.3 is 0 Å². The Kier molecular flexibility index (Phi) is 5.83. The van der Waals surface area contributed by atoms with Gasteiger partial charge in [-0.05, 0) is 30.5 Å². The first-order valence-corrected chi connectivity index (χ1v) is 6.53. The van der Waals surface area contributed by atoms with Gasteiger partial charge < -0.3 is 15.0 Å². The molecule has 0 aromatic heterocycles. The Morgan fingerprint density at radius 1 is 1.26 bits per heavy atom. The average Bonchev–Trinajstić information content (AvgIpc) is 2.43. The topological polar surface area (TPSA) is 41.6 Å². The molecule has 0 radical (unpaired) electrons. The van der Waals surface area contributed by atoms with E-state index >= 15 is 0 Å². The second kappa shape index (κ2) is 7.14. The van der Waals surface area contributed by atoms with Crippen molar-refractivity contribution in [3.63, 3.8) is 0 Å². The Morgan fingerprint density at radius 2 is 1.84 bits per heavy atom. The maximum absolute atomic E-state index is 11.5. The molecule has 0 heterocycles. The van der Waals surface area contributed by atoms with E-state index in [2.05, 4.69) is 31.3 Å². The van der Waals surface area contributed by atoms with Gasteiger partial charge in [-0.3, -0.25) is 4.79 Å². The SMILES string of the molecule is COc1ccc([C@H](C)[C@@H](C)NCC(=O)N(C)C)cc1. The maximum atomic E-state index is 11.5. The van der Waals surface area contributed by atoms with E-state index in [1.54, 1.807) is 26.1 Å². The lowest BCUT2D eigenvalue weighted by molar-refractivity contribution is -0.127. The van der Waals surface area contributed by atoms with Crippen LogP contribution in [0.1, 0.15) is 25.3 Å². The highest BCUT2D eigenvalue weighted by Crippen LogP contribution is 2.21. The molecule has 0 unspecified atom stereocenters. The molecule has 0 bridgehead atoms. The predicted octanol–water partition coefficient (Wildman–Crippen LogP) is 1.86. The van der Waals surface area contributed by atoms with Crippen LogP contribution in [0.2, 0.25) is 0 Å². The van der Waals surface area contributed by atoms with Crippen molar-refractivity contribution < 1.29 is 9.53 Å². The zero-order valence-electron chi connectivity index (χ0n) is 12.4. The largest absolute Gasteiger partial charge is 0.497 e. The molecule has 0 aliphatic rings. The molecule has 0 saturated carbocycles. The Bertz CT molecular complexity index is 401. The molecular formula is C15H24N2O2. The number of methoxy groups -OCH3 is 1. The fraction of sp³-hybridized carbons (Fsp3) is 0.533. The third-order valence-electron chi connectivity index (χ3n) is 3.47. The van der Waals surface area contributed by atoms with E-state index < -0.39 is 0 Å². The van der Waals surface area contributed by atoms with Crippen LogP contribution in [-0.2, 0) is 4.79 Å². The van der Waals surface area contributed by atoms with Crippen LogP contribution in [0.5, 0.6) is 5.75 Å². The quantitative estimate of drug-likeness (QED) is 0.853. The summed E-state index contributed by atoms with van der Waals surface area (Å²) in [6.07, 6.45) is 0. The molecule has 1 aromatic carbocycles. The van der Waals surface area contributed by atoms with Crippen molar-refractivity contribution in [3.05, 3.63) is 29.8 Å². The van der Waals surface area contributed by atoms with Crippen LogP contribution in [0.15, 0.2) is 24.3 Å². The van der Waals surface area contributed by atoms with E-state index in [0.717, 1.165) is 5.75 Å². The van der Waals surface area contributed by atoms with Crippen molar-refractivity contribution in [2.75, 3.05) is 27.7 Å². The Labute approximate surface area is 115 Å². The monoisotopic (exact) mass is 264 g/mol. The number of amides is 1. The van der Waals surface area contributed by atoms with Gasteiger partial charge in [0.2, 0.25) is 5.91 Å². The first kappa shape index (κ1) is 15.5. The molecule has 1 rings (SSSR count). The summed E-state index contributed by atoms with van der Waals surface area (Å²) in [5.74, 6) is 1.29. The van der Waals surface area contributed by atoms with Crippen molar-refractivity contribution in [2.24, 2.45) is 0 Å². The fourth-order valence-electron chi connectivity index (χ4n) is 1.78. The van der Waals surface area contributed by atoms with Gasteiger partial charge in [0.05, 0.1) is 13.7 Å². The summed E-state index contributed by atoms with van der Waals surface area (Å²) in [5, 5.41) is 3.27. The second-order valence-corrected chi connectivity index (χ2v) is 5.02. The van der Waals surface area contributed by atoms with Crippen LogP contribution in [0.3, 0.4) is 0 Å². The first-order valence-electron chi connectivity index (χ1n) is 6.53. The lowest BCUT2D eigenvalue weighted by atomic mass is 9.94. The summed E-state index contributed by atoms with van der Waals surface area (Å²) in [7, 11) is 5.19. The number of likely N-dealkylation sites (N-methyl/N-ethyl adjacent to an activating group) is 1. The number of ether oxygens (including phenoxy) is 1. The molecule has 2 atom stereocenters. The normalized spacial score (nSPS) is 13.7. The summed E-state index contributed by atoms with van der Waals surface area (Å²) in [4.78, 5) is 13.1. The van der Waals surface area contributed by atoms with Gasteiger partial charge in [0, 0.05) is 20.1 Å². The standard InChI is InChI=1S/C15H24N2O2/c1-11(12(2)16-10-15(18)17(3)4)13-6-8-14(19-5)9-7-13/h6-9,11-12,16H,10H2,1-5H3/t11-,12-/m1/s1. The third-order valence-corrected chi connectivity index (χ3v) is 3.47. The molecule has 0 aliphatic carbocycles. The summed E-state index contributed by atoms with van der Waals surface area (Å²) in [5.41, 5.74) is 1.23. The molecule has 1 aromatic rings. The zero-order chi connectivity index (χ0) is 14.4. The number of rotatable bonds is 6. The van der Waals surface area contributed by atoms with Crippen molar-refractivity contribution >= 4 is 5.91 Å². The molecule has 0 saturated heterocycles. The van der Waals surface area contributed by atoms with Crippen molar-refractivity contribution in [2.45, 2.75) is 25.8 Å². The Hall–Kier alpha value is -1.55.